The van der Waals surface area contributed by atoms with Gasteiger partial charge < -0.3 is 0 Å². The van der Waals surface area contributed by atoms with Crippen LogP contribution in [0.25, 0.3) is 0 Å². The molecule has 3 nitrogen and oxygen atoms in total. The SMILES string of the molecule is NS(=O)(=O)C(F)(F)C(F)(F)C(F)(F)C(F)(F)C(F)(F)C(F)(F)C(F)(F)C(F)(F)C(F)(F)C(F)(F)C(F)(F)C(F)(F)C(F)(F)C(F)(F)F. The minimum atomic E-state index is -10.0. The Balaban J connectivity index is 7.65. The molecule has 0 aromatic rings. The minimum Gasteiger partial charge on any atom is -0.223 e. The maximum Gasteiger partial charge on any atom is 0.460 e. The zero-order valence-electron chi connectivity index (χ0n) is 19.8. The van der Waals surface area contributed by atoms with Crippen LogP contribution in [0.3, 0.4) is 0 Å². The average Bonchev–Trinajstić information content (AvgIpc) is 2.80. The number of halogens is 29. The van der Waals surface area contributed by atoms with E-state index in [-0.39, 0.29) is 0 Å². The summed E-state index contributed by atoms with van der Waals surface area (Å²) < 4.78 is 405. The van der Waals surface area contributed by atoms with Crippen molar-refractivity contribution in [2.45, 2.75) is 82.5 Å². The molecular formula is C14H2F29NO2S. The molecule has 0 heterocycles. The molecule has 0 rings (SSSR count). The largest absolute Gasteiger partial charge is 0.460 e. The molecule has 0 atom stereocenters. The van der Waals surface area contributed by atoms with Gasteiger partial charge in [0.2, 0.25) is 0 Å². The molecule has 0 spiro atoms. The number of alkyl halides is 29. The van der Waals surface area contributed by atoms with Crippen LogP contribution in [0.4, 0.5) is 127 Å². The summed E-state index contributed by atoms with van der Waals surface area (Å²) in [6.07, 6.45) is -8.33. The van der Waals surface area contributed by atoms with Crippen LogP contribution < -0.4 is 5.14 Å². The van der Waals surface area contributed by atoms with Gasteiger partial charge in [0, 0.05) is 0 Å². The predicted molar refractivity (Wildman–Crippen MR) is 83.5 cm³/mol. The van der Waals surface area contributed by atoms with E-state index in [1.165, 1.54) is 0 Å². The van der Waals surface area contributed by atoms with Crippen molar-refractivity contribution < 1.29 is 136 Å². The van der Waals surface area contributed by atoms with Crippen LogP contribution in [0.15, 0.2) is 0 Å². The van der Waals surface area contributed by atoms with Crippen molar-refractivity contribution in [2.24, 2.45) is 5.14 Å². The van der Waals surface area contributed by atoms with Gasteiger partial charge in [-0.3, -0.25) is 0 Å². The molecule has 0 aromatic heterocycles. The maximum absolute atomic E-state index is 13.7. The molecule has 2 N–H and O–H groups in total. The third kappa shape index (κ3) is 5.02. The Bertz CT molecular complexity index is 1290. The second kappa shape index (κ2) is 10.4. The van der Waals surface area contributed by atoms with Gasteiger partial charge in [-0.1, -0.05) is 0 Å². The summed E-state index contributed by atoms with van der Waals surface area (Å²) in [4.78, 5) is 0. The van der Waals surface area contributed by atoms with E-state index in [4.69, 9.17) is 0 Å². The highest BCUT2D eigenvalue weighted by atomic mass is 32.2. The van der Waals surface area contributed by atoms with Crippen LogP contribution in [-0.4, -0.2) is 90.9 Å². The Labute approximate surface area is 234 Å². The Kier molecular flexibility index (Phi) is 9.98. The first kappa shape index (κ1) is 44.9. The Morgan fingerprint density at radius 3 is 0.511 bits per heavy atom. The zero-order valence-corrected chi connectivity index (χ0v) is 20.6. The molecule has 0 bridgehead atoms. The van der Waals surface area contributed by atoms with Crippen molar-refractivity contribution >= 4 is 10.0 Å². The number of hydrogen-bond acceptors (Lipinski definition) is 2. The zero-order chi connectivity index (χ0) is 39.5. The maximum atomic E-state index is 13.7. The summed E-state index contributed by atoms with van der Waals surface area (Å²) in [7, 11) is -7.85. The predicted octanol–water partition coefficient (Wildman–Crippen LogP) is 8.05. The Morgan fingerprint density at radius 1 is 0.255 bits per heavy atom. The lowest BCUT2D eigenvalue weighted by Crippen LogP contribution is -2.79. The molecule has 47 heavy (non-hydrogen) atoms. The molecule has 0 fully saturated rings. The van der Waals surface area contributed by atoms with Crippen molar-refractivity contribution in [1.82, 2.24) is 0 Å². The molecule has 0 aliphatic heterocycles. The van der Waals surface area contributed by atoms with E-state index in [2.05, 4.69) is 5.14 Å². The van der Waals surface area contributed by atoms with E-state index in [0.29, 0.717) is 0 Å². The Hall–Kier alpha value is -2.12. The van der Waals surface area contributed by atoms with Crippen molar-refractivity contribution in [1.29, 1.82) is 0 Å². The van der Waals surface area contributed by atoms with Gasteiger partial charge in [-0.2, -0.15) is 127 Å². The fraction of sp³-hybridized carbons (Fsp3) is 1.00. The molecule has 284 valence electrons. The molecule has 0 aliphatic carbocycles. The van der Waals surface area contributed by atoms with E-state index < -0.39 is 92.5 Å². The minimum absolute atomic E-state index is 3.20. The summed E-state index contributed by atoms with van der Waals surface area (Å²) in [6, 6.07) is 0. The van der Waals surface area contributed by atoms with E-state index in [0.717, 1.165) is 0 Å². The summed E-state index contributed by atoms with van der Waals surface area (Å²) >= 11 is 0. The molecule has 0 saturated heterocycles. The number of sulfonamides is 1. The van der Waals surface area contributed by atoms with Gasteiger partial charge in [-0.25, -0.2) is 13.6 Å². The summed E-state index contributed by atoms with van der Waals surface area (Å²) in [5.41, 5.74) is 0. The Morgan fingerprint density at radius 2 is 0.383 bits per heavy atom. The molecule has 0 amide bonds. The van der Waals surface area contributed by atoms with Gasteiger partial charge in [0.05, 0.1) is 0 Å². The van der Waals surface area contributed by atoms with Crippen LogP contribution in [0, 0.1) is 0 Å². The van der Waals surface area contributed by atoms with Crippen LogP contribution in [0.2, 0.25) is 0 Å². The molecule has 0 radical (unpaired) electrons. The highest BCUT2D eigenvalue weighted by molar-refractivity contribution is 7.90. The van der Waals surface area contributed by atoms with E-state index in [1.54, 1.807) is 0 Å². The molecular weight excluding hydrogens is 797 g/mol. The molecule has 0 unspecified atom stereocenters. The quantitative estimate of drug-likeness (QED) is 0.192. The van der Waals surface area contributed by atoms with Crippen molar-refractivity contribution in [3.63, 3.8) is 0 Å². The third-order valence-corrected chi connectivity index (χ3v) is 6.39. The van der Waals surface area contributed by atoms with Gasteiger partial charge in [-0.15, -0.1) is 0 Å². The lowest BCUT2D eigenvalue weighted by atomic mass is 9.84. The summed E-state index contributed by atoms with van der Waals surface area (Å²) in [6.45, 7) is 0. The van der Waals surface area contributed by atoms with Crippen LogP contribution in [-0.2, 0) is 10.0 Å². The fourth-order valence-electron chi connectivity index (χ4n) is 2.51. The fourth-order valence-corrected chi connectivity index (χ4v) is 3.00. The van der Waals surface area contributed by atoms with Gasteiger partial charge in [-0.05, 0) is 0 Å². The van der Waals surface area contributed by atoms with Crippen molar-refractivity contribution in [2.75, 3.05) is 0 Å². The first-order chi connectivity index (χ1) is 19.5. The number of primary sulfonamides is 1. The van der Waals surface area contributed by atoms with Gasteiger partial charge >= 0.3 is 82.5 Å². The average molecular weight is 799 g/mol. The molecule has 33 heteroatoms. The van der Waals surface area contributed by atoms with Crippen LogP contribution in [0.1, 0.15) is 0 Å². The van der Waals surface area contributed by atoms with Gasteiger partial charge in [0.25, 0.3) is 10.0 Å². The normalized spacial score (nSPS) is 17.3. The summed E-state index contributed by atoms with van der Waals surface area (Å²) in [5, 5.41) is -4.92. The number of rotatable bonds is 13. The summed E-state index contributed by atoms with van der Waals surface area (Å²) in [5.74, 6) is -115. The first-order valence-electron chi connectivity index (χ1n) is 9.50. The van der Waals surface area contributed by atoms with E-state index >= 15 is 0 Å². The number of hydrogen-bond donors (Lipinski definition) is 1. The monoisotopic (exact) mass is 799 g/mol. The standard InChI is InChI=1S/C14H2F29NO2S/c15-1(16,3(19,20)5(23,24)7(27,28)9(31,32)11(35,36)13(39,40)41)2(17,18)4(21,22)6(25,26)8(29,30)10(33,34)12(37,38)14(42,43)47(44,45)46/h(H2,44,45,46). The molecule has 0 aromatic carbocycles. The second-order valence-corrected chi connectivity index (χ2v) is 10.1. The lowest BCUT2D eigenvalue weighted by Gasteiger charge is -2.46. The van der Waals surface area contributed by atoms with Crippen LogP contribution in [0.5, 0.6) is 0 Å². The first-order valence-corrected chi connectivity index (χ1v) is 11.0. The van der Waals surface area contributed by atoms with Crippen molar-refractivity contribution in [3.8, 4) is 0 Å². The van der Waals surface area contributed by atoms with Gasteiger partial charge in [0.15, 0.2) is 0 Å². The highest BCUT2D eigenvalue weighted by Crippen LogP contribution is 2.69. The molecule has 0 aliphatic rings. The topological polar surface area (TPSA) is 60.2 Å². The third-order valence-electron chi connectivity index (χ3n) is 5.42. The van der Waals surface area contributed by atoms with Crippen molar-refractivity contribution in [3.05, 3.63) is 0 Å². The number of nitrogens with two attached hydrogens (primary N) is 1. The van der Waals surface area contributed by atoms with E-state index in [1.807, 2.05) is 0 Å². The lowest BCUT2D eigenvalue weighted by molar-refractivity contribution is -0.486. The van der Waals surface area contributed by atoms with Gasteiger partial charge in [0.1, 0.15) is 0 Å². The molecule has 0 saturated carbocycles. The highest BCUT2D eigenvalue weighted by Gasteiger charge is 3.01. The van der Waals surface area contributed by atoms with Crippen LogP contribution >= 0.6 is 0 Å². The smallest absolute Gasteiger partial charge is 0.223 e. The second-order valence-electron chi connectivity index (χ2n) is 8.45. The van der Waals surface area contributed by atoms with E-state index in [9.17, 15) is 136 Å².